The van der Waals surface area contributed by atoms with Gasteiger partial charge in [0.25, 0.3) is 0 Å². The lowest BCUT2D eigenvalue weighted by atomic mass is 9.95. The van der Waals surface area contributed by atoms with E-state index < -0.39 is 0 Å². The van der Waals surface area contributed by atoms with Crippen molar-refractivity contribution in [2.24, 2.45) is 0 Å². The predicted octanol–water partition coefficient (Wildman–Crippen LogP) is 4.67. The molecule has 1 aromatic heterocycles. The molecule has 1 saturated heterocycles. The molecule has 31 heavy (non-hydrogen) atoms. The standard InChI is InChI=1S/C23H34N4O3S/c1-16-13-25(14-17(2)30-16)15-26-23(31)27(19-8-6-5-7-9-19)22(24-26)18-10-11-20(28-3)21(12-18)29-4/h10-12,16-17,19H,5-9,13-15H2,1-4H3/t16-,17+. The molecule has 0 radical (unpaired) electrons. The van der Waals surface area contributed by atoms with E-state index in [1.807, 2.05) is 22.9 Å². The van der Waals surface area contributed by atoms with Crippen LogP contribution in [-0.4, -0.2) is 58.8 Å². The van der Waals surface area contributed by atoms with E-state index in [1.165, 1.54) is 19.3 Å². The summed E-state index contributed by atoms with van der Waals surface area (Å²) in [6, 6.07) is 6.37. The molecule has 7 nitrogen and oxygen atoms in total. The maximum atomic E-state index is 5.98. The summed E-state index contributed by atoms with van der Waals surface area (Å²) >= 11 is 5.98. The van der Waals surface area contributed by atoms with Crippen molar-refractivity contribution in [3.63, 3.8) is 0 Å². The molecule has 2 fully saturated rings. The minimum Gasteiger partial charge on any atom is -0.493 e. The molecular formula is C23H34N4O3S. The summed E-state index contributed by atoms with van der Waals surface area (Å²) in [5.41, 5.74) is 0.997. The molecule has 0 bridgehead atoms. The van der Waals surface area contributed by atoms with Gasteiger partial charge in [0.05, 0.1) is 33.1 Å². The highest BCUT2D eigenvalue weighted by molar-refractivity contribution is 7.71. The van der Waals surface area contributed by atoms with E-state index in [0.29, 0.717) is 24.2 Å². The number of aromatic nitrogens is 3. The van der Waals surface area contributed by atoms with Gasteiger partial charge in [-0.1, -0.05) is 19.3 Å². The van der Waals surface area contributed by atoms with Gasteiger partial charge in [0.2, 0.25) is 0 Å². The van der Waals surface area contributed by atoms with Gasteiger partial charge < -0.3 is 14.2 Å². The smallest absolute Gasteiger partial charge is 0.199 e. The summed E-state index contributed by atoms with van der Waals surface area (Å²) in [4.78, 5) is 2.38. The van der Waals surface area contributed by atoms with Crippen LogP contribution in [0.4, 0.5) is 0 Å². The molecule has 2 aromatic rings. The van der Waals surface area contributed by atoms with Gasteiger partial charge in [-0.25, -0.2) is 4.68 Å². The number of nitrogens with zero attached hydrogens (tertiary/aromatic N) is 4. The predicted molar refractivity (Wildman–Crippen MR) is 123 cm³/mol. The second-order valence-corrected chi connectivity index (χ2v) is 9.14. The molecule has 1 saturated carbocycles. The van der Waals surface area contributed by atoms with Gasteiger partial charge in [-0.3, -0.25) is 9.47 Å². The Hall–Kier alpha value is -1.90. The average molecular weight is 447 g/mol. The Morgan fingerprint density at radius 3 is 2.35 bits per heavy atom. The van der Waals surface area contributed by atoms with Crippen LogP contribution >= 0.6 is 12.2 Å². The first-order chi connectivity index (χ1) is 15.0. The minimum atomic E-state index is 0.212. The van der Waals surface area contributed by atoms with Gasteiger partial charge in [-0.2, -0.15) is 5.10 Å². The minimum absolute atomic E-state index is 0.212. The molecule has 0 unspecified atom stereocenters. The van der Waals surface area contributed by atoms with Gasteiger partial charge >= 0.3 is 0 Å². The third kappa shape index (κ3) is 4.81. The van der Waals surface area contributed by atoms with E-state index in [-0.39, 0.29) is 12.2 Å². The van der Waals surface area contributed by atoms with Crippen LogP contribution in [0.3, 0.4) is 0 Å². The van der Waals surface area contributed by atoms with Crippen molar-refractivity contribution in [3.8, 4) is 22.9 Å². The maximum absolute atomic E-state index is 5.98. The summed E-state index contributed by atoms with van der Waals surface area (Å²) in [7, 11) is 3.31. The molecule has 1 aromatic carbocycles. The van der Waals surface area contributed by atoms with Crippen molar-refractivity contribution in [3.05, 3.63) is 23.0 Å². The highest BCUT2D eigenvalue weighted by atomic mass is 32.1. The summed E-state index contributed by atoms with van der Waals surface area (Å²) < 4.78 is 21.9. The molecule has 0 amide bonds. The lowest BCUT2D eigenvalue weighted by Crippen LogP contribution is -2.46. The van der Waals surface area contributed by atoms with Crippen molar-refractivity contribution in [2.45, 2.75) is 70.9 Å². The van der Waals surface area contributed by atoms with Crippen LogP contribution < -0.4 is 9.47 Å². The summed E-state index contributed by atoms with van der Waals surface area (Å²) in [5.74, 6) is 2.32. The monoisotopic (exact) mass is 446 g/mol. The Morgan fingerprint density at radius 2 is 1.71 bits per heavy atom. The Kier molecular flexibility index (Phi) is 6.99. The Labute approximate surface area is 189 Å². The topological polar surface area (TPSA) is 53.7 Å². The number of ether oxygens (including phenoxy) is 3. The van der Waals surface area contributed by atoms with E-state index in [0.717, 1.165) is 42.1 Å². The maximum Gasteiger partial charge on any atom is 0.199 e. The first kappa shape index (κ1) is 22.3. The Bertz CT molecular complexity index is 941. The Morgan fingerprint density at radius 1 is 1.03 bits per heavy atom. The Balaban J connectivity index is 1.73. The molecule has 0 N–H and O–H groups in total. The highest BCUT2D eigenvalue weighted by Crippen LogP contribution is 2.36. The fraction of sp³-hybridized carbons (Fsp3) is 0.652. The van der Waals surface area contributed by atoms with E-state index in [4.69, 9.17) is 31.5 Å². The molecule has 8 heteroatoms. The van der Waals surface area contributed by atoms with Gasteiger partial charge in [0, 0.05) is 24.7 Å². The molecule has 4 rings (SSSR count). The van der Waals surface area contributed by atoms with E-state index >= 15 is 0 Å². The third-order valence-electron chi connectivity index (χ3n) is 6.28. The zero-order chi connectivity index (χ0) is 22.0. The highest BCUT2D eigenvalue weighted by Gasteiger charge is 2.26. The van der Waals surface area contributed by atoms with Crippen LogP contribution in [0.25, 0.3) is 11.4 Å². The van der Waals surface area contributed by atoms with Gasteiger partial charge in [-0.15, -0.1) is 0 Å². The first-order valence-electron chi connectivity index (χ1n) is 11.3. The van der Waals surface area contributed by atoms with E-state index in [9.17, 15) is 0 Å². The first-order valence-corrected chi connectivity index (χ1v) is 11.7. The summed E-state index contributed by atoms with van der Waals surface area (Å²) in [6.45, 7) is 6.69. The van der Waals surface area contributed by atoms with E-state index in [1.54, 1.807) is 14.2 Å². The van der Waals surface area contributed by atoms with Crippen molar-refractivity contribution in [1.29, 1.82) is 0 Å². The normalized spacial score (nSPS) is 23.1. The van der Waals surface area contributed by atoms with Crippen molar-refractivity contribution >= 4 is 12.2 Å². The molecule has 2 aliphatic rings. The second kappa shape index (κ2) is 9.71. The fourth-order valence-corrected chi connectivity index (χ4v) is 5.28. The van der Waals surface area contributed by atoms with E-state index in [2.05, 4.69) is 23.3 Å². The molecule has 0 spiro atoms. The summed E-state index contributed by atoms with van der Waals surface area (Å²) in [6.07, 6.45) is 6.49. The number of benzene rings is 1. The van der Waals surface area contributed by atoms with Crippen LogP contribution in [0.15, 0.2) is 18.2 Å². The summed E-state index contributed by atoms with van der Waals surface area (Å²) in [5, 5.41) is 5.03. The number of methoxy groups -OCH3 is 2. The average Bonchev–Trinajstić information content (AvgIpc) is 3.09. The molecular weight excluding hydrogens is 412 g/mol. The number of rotatable bonds is 6. The molecule has 2 heterocycles. The number of morpholine rings is 1. The largest absolute Gasteiger partial charge is 0.493 e. The molecule has 2 atom stereocenters. The molecule has 170 valence electrons. The number of hydrogen-bond donors (Lipinski definition) is 0. The van der Waals surface area contributed by atoms with Crippen LogP contribution in [0, 0.1) is 4.77 Å². The second-order valence-electron chi connectivity index (χ2n) is 8.77. The third-order valence-corrected chi connectivity index (χ3v) is 6.69. The van der Waals surface area contributed by atoms with Gasteiger partial charge in [-0.05, 0) is 57.1 Å². The van der Waals surface area contributed by atoms with Crippen LogP contribution in [-0.2, 0) is 11.4 Å². The lowest BCUT2D eigenvalue weighted by Gasteiger charge is -2.34. The zero-order valence-electron chi connectivity index (χ0n) is 19.0. The molecule has 1 aliphatic carbocycles. The van der Waals surface area contributed by atoms with Crippen LogP contribution in [0.2, 0.25) is 0 Å². The quantitative estimate of drug-likeness (QED) is 0.601. The fourth-order valence-electron chi connectivity index (χ4n) is 4.94. The lowest BCUT2D eigenvalue weighted by molar-refractivity contribution is -0.0777. The van der Waals surface area contributed by atoms with Crippen LogP contribution in [0.1, 0.15) is 52.0 Å². The number of hydrogen-bond acceptors (Lipinski definition) is 6. The van der Waals surface area contributed by atoms with Gasteiger partial charge in [0.15, 0.2) is 22.1 Å². The zero-order valence-corrected chi connectivity index (χ0v) is 19.9. The van der Waals surface area contributed by atoms with Crippen molar-refractivity contribution < 1.29 is 14.2 Å². The van der Waals surface area contributed by atoms with Crippen molar-refractivity contribution in [2.75, 3.05) is 27.3 Å². The SMILES string of the molecule is COc1ccc(-c2nn(CN3C[C@@H](C)O[C@@H](C)C3)c(=S)n2C2CCCCC2)cc1OC. The van der Waals surface area contributed by atoms with Gasteiger partial charge in [0.1, 0.15) is 0 Å². The van der Waals surface area contributed by atoms with Crippen molar-refractivity contribution in [1.82, 2.24) is 19.2 Å². The van der Waals surface area contributed by atoms with Crippen LogP contribution in [0.5, 0.6) is 11.5 Å². The molecule has 1 aliphatic heterocycles.